The largest absolute Gasteiger partial charge is 0.303 e. The number of likely N-dealkylation sites (tertiary alicyclic amines) is 2. The van der Waals surface area contributed by atoms with Gasteiger partial charge in [0.2, 0.25) is 0 Å². The lowest BCUT2D eigenvalue weighted by molar-refractivity contribution is -0.122. The van der Waals surface area contributed by atoms with E-state index in [4.69, 9.17) is 0 Å². The number of ketones is 1. The van der Waals surface area contributed by atoms with Crippen molar-refractivity contribution in [2.75, 3.05) is 39.3 Å². The molecule has 31 heavy (non-hydrogen) atoms. The van der Waals surface area contributed by atoms with Crippen LogP contribution < -0.4 is 0 Å². The summed E-state index contributed by atoms with van der Waals surface area (Å²) in [5, 5.41) is 4.58. The van der Waals surface area contributed by atoms with Crippen LogP contribution in [0.25, 0.3) is 0 Å². The Kier molecular flexibility index (Phi) is 9.58. The van der Waals surface area contributed by atoms with E-state index in [0.29, 0.717) is 11.7 Å². The molecule has 0 amide bonds. The third kappa shape index (κ3) is 8.02. The molecule has 0 aromatic carbocycles. The van der Waals surface area contributed by atoms with Crippen LogP contribution in [0.2, 0.25) is 0 Å². The van der Waals surface area contributed by atoms with Crippen LogP contribution in [0.15, 0.2) is 12.4 Å². The van der Waals surface area contributed by atoms with Crippen molar-refractivity contribution in [2.45, 2.75) is 85.1 Å². The Morgan fingerprint density at radius 2 is 1.55 bits per heavy atom. The van der Waals surface area contributed by atoms with Crippen LogP contribution >= 0.6 is 0 Å². The molecule has 0 radical (unpaired) electrons. The molecule has 0 bridgehead atoms. The van der Waals surface area contributed by atoms with Crippen LogP contribution in [0, 0.1) is 17.8 Å². The lowest BCUT2D eigenvalue weighted by Crippen LogP contribution is -2.42. The Morgan fingerprint density at radius 1 is 0.935 bits per heavy atom. The van der Waals surface area contributed by atoms with Crippen molar-refractivity contribution < 1.29 is 4.79 Å². The summed E-state index contributed by atoms with van der Waals surface area (Å²) in [4.78, 5) is 17.1. The van der Waals surface area contributed by atoms with Crippen LogP contribution in [0.5, 0.6) is 0 Å². The molecule has 2 fully saturated rings. The summed E-state index contributed by atoms with van der Waals surface area (Å²) in [5.41, 5.74) is 1.35. The van der Waals surface area contributed by atoms with E-state index in [0.717, 1.165) is 31.2 Å². The third-order valence-corrected chi connectivity index (χ3v) is 7.49. The molecular weight excluding hydrogens is 384 g/mol. The molecule has 176 valence electrons. The van der Waals surface area contributed by atoms with Gasteiger partial charge in [-0.1, -0.05) is 27.7 Å². The van der Waals surface area contributed by atoms with E-state index in [1.807, 2.05) is 20.0 Å². The Balaban J connectivity index is 1.26. The Labute approximate surface area is 190 Å². The zero-order valence-electron chi connectivity index (χ0n) is 20.6. The highest BCUT2D eigenvalue weighted by Gasteiger charge is 2.25. The fourth-order valence-corrected chi connectivity index (χ4v) is 5.07. The molecule has 5 heteroatoms. The fourth-order valence-electron chi connectivity index (χ4n) is 5.07. The summed E-state index contributed by atoms with van der Waals surface area (Å²) in [6.45, 7) is 17.1. The molecule has 5 nitrogen and oxygen atoms in total. The molecule has 0 N–H and O–H groups in total. The standard InChI is InChI=1S/C26H46N4O/c1-21(2)25-17-27-30(20-25)19-24-10-15-29(16-11-24)18-23-8-13-28(14-9-23)12-6-5-7-26(31)22(3)4/h17,20-24H,5-16,18-19H2,1-4H3. The SMILES string of the molecule is CC(C)C(=O)CCCCN1CCC(CN2CCC(Cn3cc(C(C)C)cn3)CC2)CC1. The van der Waals surface area contributed by atoms with Gasteiger partial charge < -0.3 is 9.80 Å². The highest BCUT2D eigenvalue weighted by Crippen LogP contribution is 2.24. The van der Waals surface area contributed by atoms with Crippen molar-refractivity contribution in [3.05, 3.63) is 18.0 Å². The zero-order chi connectivity index (χ0) is 22.2. The van der Waals surface area contributed by atoms with E-state index >= 15 is 0 Å². The molecule has 3 heterocycles. The van der Waals surface area contributed by atoms with Crippen LogP contribution in [0.4, 0.5) is 0 Å². The number of carbonyl (C=O) groups excluding carboxylic acids is 1. The number of nitrogens with zero attached hydrogens (tertiary/aromatic N) is 4. The third-order valence-electron chi connectivity index (χ3n) is 7.49. The number of aromatic nitrogens is 2. The lowest BCUT2D eigenvalue weighted by Gasteiger charge is -2.37. The molecule has 1 aromatic heterocycles. The molecule has 0 atom stereocenters. The highest BCUT2D eigenvalue weighted by atomic mass is 16.1. The second kappa shape index (κ2) is 12.2. The van der Waals surface area contributed by atoms with E-state index in [2.05, 4.69) is 39.6 Å². The Hall–Kier alpha value is -1.20. The predicted molar refractivity (Wildman–Crippen MR) is 128 cm³/mol. The maximum Gasteiger partial charge on any atom is 0.135 e. The predicted octanol–water partition coefficient (Wildman–Crippen LogP) is 4.83. The van der Waals surface area contributed by atoms with Gasteiger partial charge in [-0.15, -0.1) is 0 Å². The second-order valence-electron chi connectivity index (χ2n) is 10.8. The van der Waals surface area contributed by atoms with E-state index < -0.39 is 0 Å². The quantitative estimate of drug-likeness (QED) is 0.472. The van der Waals surface area contributed by atoms with E-state index in [9.17, 15) is 4.79 Å². The zero-order valence-corrected chi connectivity index (χ0v) is 20.6. The van der Waals surface area contributed by atoms with E-state index in [1.54, 1.807) is 0 Å². The smallest absolute Gasteiger partial charge is 0.135 e. The van der Waals surface area contributed by atoms with Crippen molar-refractivity contribution >= 4 is 5.78 Å². The van der Waals surface area contributed by atoms with Crippen molar-refractivity contribution in [2.24, 2.45) is 17.8 Å². The van der Waals surface area contributed by atoms with Crippen molar-refractivity contribution in [1.29, 1.82) is 0 Å². The molecule has 0 saturated carbocycles. The van der Waals surface area contributed by atoms with Crippen molar-refractivity contribution in [1.82, 2.24) is 19.6 Å². The van der Waals surface area contributed by atoms with Crippen LogP contribution in [-0.2, 0) is 11.3 Å². The van der Waals surface area contributed by atoms with Gasteiger partial charge in [-0.3, -0.25) is 9.48 Å². The molecule has 2 aliphatic heterocycles. The summed E-state index contributed by atoms with van der Waals surface area (Å²) < 4.78 is 2.17. The molecule has 2 aliphatic rings. The number of rotatable bonds is 11. The summed E-state index contributed by atoms with van der Waals surface area (Å²) in [5.74, 6) is 2.84. The molecule has 1 aromatic rings. The highest BCUT2D eigenvalue weighted by molar-refractivity contribution is 5.80. The number of Topliss-reactive ketones (excluding diaryl/α,β-unsaturated/α-hetero) is 1. The van der Waals surface area contributed by atoms with Gasteiger partial charge in [0.05, 0.1) is 6.20 Å². The number of carbonyl (C=O) groups is 1. The summed E-state index contributed by atoms with van der Waals surface area (Å²) in [7, 11) is 0. The first kappa shape index (κ1) is 24.4. The number of hydrogen-bond acceptors (Lipinski definition) is 4. The van der Waals surface area contributed by atoms with Crippen molar-refractivity contribution in [3.8, 4) is 0 Å². The van der Waals surface area contributed by atoms with Gasteiger partial charge in [0.15, 0.2) is 0 Å². The van der Waals surface area contributed by atoms with Gasteiger partial charge >= 0.3 is 0 Å². The van der Waals surface area contributed by atoms with Gasteiger partial charge in [-0.05, 0) is 94.6 Å². The number of unbranched alkanes of at least 4 members (excludes halogenated alkanes) is 1. The molecule has 0 aliphatic carbocycles. The average molecular weight is 431 g/mol. The maximum atomic E-state index is 11.7. The molecular formula is C26H46N4O. The second-order valence-corrected chi connectivity index (χ2v) is 10.8. The molecule has 2 saturated heterocycles. The topological polar surface area (TPSA) is 41.4 Å². The summed E-state index contributed by atoms with van der Waals surface area (Å²) in [6, 6.07) is 0. The minimum absolute atomic E-state index is 0.198. The fraction of sp³-hybridized carbons (Fsp3) is 0.846. The van der Waals surface area contributed by atoms with Gasteiger partial charge in [0.25, 0.3) is 0 Å². The van der Waals surface area contributed by atoms with Gasteiger partial charge in [-0.2, -0.15) is 5.10 Å². The van der Waals surface area contributed by atoms with E-state index in [1.165, 1.54) is 76.9 Å². The monoisotopic (exact) mass is 430 g/mol. The normalized spacial score (nSPS) is 20.2. The Morgan fingerprint density at radius 3 is 2.13 bits per heavy atom. The number of piperidine rings is 2. The first-order valence-corrected chi connectivity index (χ1v) is 12.9. The van der Waals surface area contributed by atoms with Gasteiger partial charge in [0.1, 0.15) is 5.78 Å². The first-order chi connectivity index (χ1) is 14.9. The first-order valence-electron chi connectivity index (χ1n) is 12.9. The number of hydrogen-bond donors (Lipinski definition) is 0. The summed E-state index contributed by atoms with van der Waals surface area (Å²) in [6.07, 6.45) is 12.6. The van der Waals surface area contributed by atoms with Gasteiger partial charge in [0, 0.05) is 31.6 Å². The minimum atomic E-state index is 0.198. The van der Waals surface area contributed by atoms with Crippen molar-refractivity contribution in [3.63, 3.8) is 0 Å². The summed E-state index contributed by atoms with van der Waals surface area (Å²) >= 11 is 0. The van der Waals surface area contributed by atoms with Gasteiger partial charge in [-0.25, -0.2) is 0 Å². The average Bonchev–Trinajstić information content (AvgIpc) is 3.22. The minimum Gasteiger partial charge on any atom is -0.303 e. The Bertz CT molecular complexity index is 652. The van der Waals surface area contributed by atoms with E-state index in [-0.39, 0.29) is 5.92 Å². The van der Waals surface area contributed by atoms with Crippen LogP contribution in [-0.4, -0.2) is 64.6 Å². The molecule has 0 unspecified atom stereocenters. The van der Waals surface area contributed by atoms with Crippen LogP contribution in [0.3, 0.4) is 0 Å². The molecule has 0 spiro atoms. The lowest BCUT2D eigenvalue weighted by atomic mass is 9.92. The molecule has 3 rings (SSSR count). The maximum absolute atomic E-state index is 11.7. The van der Waals surface area contributed by atoms with Crippen LogP contribution in [0.1, 0.15) is 84.1 Å².